The maximum absolute atomic E-state index is 11.5. The number of aromatic nitrogens is 3. The molecule has 1 fully saturated rings. The highest BCUT2D eigenvalue weighted by Gasteiger charge is 2.22. The summed E-state index contributed by atoms with van der Waals surface area (Å²) in [5.41, 5.74) is 2.18. The molecule has 1 aliphatic rings. The summed E-state index contributed by atoms with van der Waals surface area (Å²) < 4.78 is 22.9. The van der Waals surface area contributed by atoms with E-state index in [9.17, 15) is 8.42 Å². The van der Waals surface area contributed by atoms with Crippen LogP contribution in [0.1, 0.15) is 11.3 Å². The van der Waals surface area contributed by atoms with Crippen LogP contribution in [0.3, 0.4) is 0 Å². The van der Waals surface area contributed by atoms with Gasteiger partial charge in [0, 0.05) is 49.6 Å². The zero-order valence-corrected chi connectivity index (χ0v) is 18.8. The van der Waals surface area contributed by atoms with Gasteiger partial charge in [-0.3, -0.25) is 0 Å². The Balaban J connectivity index is 1.35. The van der Waals surface area contributed by atoms with Gasteiger partial charge in [-0.25, -0.2) is 18.5 Å². The zero-order valence-electron chi connectivity index (χ0n) is 18.0. The van der Waals surface area contributed by atoms with Gasteiger partial charge < -0.3 is 9.80 Å². The molecule has 1 aliphatic heterocycles. The quantitative estimate of drug-likeness (QED) is 0.488. The van der Waals surface area contributed by atoms with Gasteiger partial charge in [-0.15, -0.1) is 5.10 Å². The zero-order chi connectivity index (χ0) is 22.8. The Hall–Kier alpha value is -3.56. The summed E-state index contributed by atoms with van der Waals surface area (Å²) in [6, 6.07) is 21.8. The van der Waals surface area contributed by atoms with E-state index in [4.69, 9.17) is 5.14 Å². The maximum Gasteiger partial charge on any atom is 0.239 e. The van der Waals surface area contributed by atoms with Crippen molar-refractivity contribution in [1.82, 2.24) is 15.2 Å². The molecule has 8 nitrogen and oxygen atoms in total. The highest BCUT2D eigenvalue weighted by molar-refractivity contribution is 7.89. The summed E-state index contributed by atoms with van der Waals surface area (Å²) in [5.74, 6) is 1.62. The molecule has 9 heteroatoms. The van der Waals surface area contributed by atoms with Crippen molar-refractivity contribution in [3.63, 3.8) is 0 Å². The van der Waals surface area contributed by atoms with Crippen molar-refractivity contribution in [2.75, 3.05) is 36.0 Å². The SMILES string of the molecule is NS(=O)(=O)c1ccc(N2CCN(c3nnc(Cc4ccccc4)c4ccccc34)CC2)nc1. The molecular weight excluding hydrogens is 436 g/mol. The molecule has 1 saturated heterocycles. The van der Waals surface area contributed by atoms with Crippen LogP contribution in [0.15, 0.2) is 77.8 Å². The number of hydrogen-bond acceptors (Lipinski definition) is 7. The molecule has 0 spiro atoms. The smallest absolute Gasteiger partial charge is 0.239 e. The second-order valence-electron chi connectivity index (χ2n) is 8.05. The number of sulfonamides is 1. The number of pyridine rings is 1. The Labute approximate surface area is 192 Å². The van der Waals surface area contributed by atoms with Crippen LogP contribution in [-0.2, 0) is 16.4 Å². The van der Waals surface area contributed by atoms with Gasteiger partial charge in [-0.2, -0.15) is 5.10 Å². The fourth-order valence-electron chi connectivity index (χ4n) is 4.17. The van der Waals surface area contributed by atoms with Gasteiger partial charge in [0.15, 0.2) is 5.82 Å². The van der Waals surface area contributed by atoms with Crippen LogP contribution in [0.5, 0.6) is 0 Å². The second-order valence-corrected chi connectivity index (χ2v) is 9.61. The summed E-state index contributed by atoms with van der Waals surface area (Å²) in [6.07, 6.45) is 2.05. The van der Waals surface area contributed by atoms with Gasteiger partial charge in [0.25, 0.3) is 0 Å². The molecule has 0 atom stereocenters. The number of nitrogens with zero attached hydrogens (tertiary/aromatic N) is 5. The normalized spacial score (nSPS) is 14.6. The molecule has 0 bridgehead atoms. The van der Waals surface area contributed by atoms with E-state index >= 15 is 0 Å². The number of primary sulfonamides is 1. The van der Waals surface area contributed by atoms with Gasteiger partial charge >= 0.3 is 0 Å². The van der Waals surface area contributed by atoms with Crippen LogP contribution < -0.4 is 14.9 Å². The minimum Gasteiger partial charge on any atom is -0.353 e. The number of fused-ring (bicyclic) bond motifs is 1. The fourth-order valence-corrected chi connectivity index (χ4v) is 4.63. The highest BCUT2D eigenvalue weighted by Crippen LogP contribution is 2.28. The lowest BCUT2D eigenvalue weighted by Gasteiger charge is -2.36. The van der Waals surface area contributed by atoms with Crippen molar-refractivity contribution >= 4 is 32.4 Å². The number of piperazine rings is 1. The van der Waals surface area contributed by atoms with E-state index in [1.54, 1.807) is 6.07 Å². The summed E-state index contributed by atoms with van der Waals surface area (Å²) in [5, 5.41) is 16.6. The Morgan fingerprint density at radius 3 is 2.12 bits per heavy atom. The van der Waals surface area contributed by atoms with Crippen LogP contribution >= 0.6 is 0 Å². The summed E-state index contributed by atoms with van der Waals surface area (Å²) >= 11 is 0. The Kier molecular flexibility index (Phi) is 5.65. The lowest BCUT2D eigenvalue weighted by atomic mass is 10.0. The average molecular weight is 461 g/mol. The lowest BCUT2D eigenvalue weighted by Crippen LogP contribution is -2.47. The van der Waals surface area contributed by atoms with Crippen molar-refractivity contribution in [1.29, 1.82) is 0 Å². The number of rotatable bonds is 5. The lowest BCUT2D eigenvalue weighted by molar-refractivity contribution is 0.597. The summed E-state index contributed by atoms with van der Waals surface area (Å²) in [4.78, 5) is 8.68. The van der Waals surface area contributed by atoms with Gasteiger partial charge in [0.1, 0.15) is 10.7 Å². The molecule has 168 valence electrons. The molecule has 2 aromatic carbocycles. The molecule has 0 aliphatic carbocycles. The fraction of sp³-hybridized carbons (Fsp3) is 0.208. The largest absolute Gasteiger partial charge is 0.353 e. The van der Waals surface area contributed by atoms with E-state index in [-0.39, 0.29) is 4.90 Å². The molecule has 0 radical (unpaired) electrons. The molecule has 4 aromatic rings. The molecule has 5 rings (SSSR count). The Bertz CT molecular complexity index is 1370. The van der Waals surface area contributed by atoms with E-state index in [0.29, 0.717) is 0 Å². The summed E-state index contributed by atoms with van der Waals surface area (Å²) in [6.45, 7) is 3.00. The van der Waals surface area contributed by atoms with Crippen LogP contribution in [0, 0.1) is 0 Å². The van der Waals surface area contributed by atoms with Crippen molar-refractivity contribution in [3.8, 4) is 0 Å². The third kappa shape index (κ3) is 4.50. The Morgan fingerprint density at radius 1 is 0.788 bits per heavy atom. The minimum atomic E-state index is -3.74. The third-order valence-electron chi connectivity index (χ3n) is 5.91. The molecule has 33 heavy (non-hydrogen) atoms. The van der Waals surface area contributed by atoms with Crippen LogP contribution in [0.25, 0.3) is 10.8 Å². The topological polar surface area (TPSA) is 105 Å². The molecular formula is C24H24N6O2S. The van der Waals surface area contributed by atoms with Gasteiger partial charge in [0.2, 0.25) is 10.0 Å². The van der Waals surface area contributed by atoms with Crippen molar-refractivity contribution in [2.24, 2.45) is 5.14 Å². The van der Waals surface area contributed by atoms with E-state index in [2.05, 4.69) is 49.2 Å². The van der Waals surface area contributed by atoms with E-state index in [1.807, 2.05) is 30.3 Å². The molecule has 0 unspecified atom stereocenters. The van der Waals surface area contributed by atoms with Crippen molar-refractivity contribution in [3.05, 3.63) is 84.2 Å². The average Bonchev–Trinajstić information content (AvgIpc) is 2.85. The minimum absolute atomic E-state index is 0.0159. The maximum atomic E-state index is 11.5. The van der Waals surface area contributed by atoms with Crippen LogP contribution in [0.4, 0.5) is 11.6 Å². The number of anilines is 2. The van der Waals surface area contributed by atoms with Crippen molar-refractivity contribution < 1.29 is 8.42 Å². The monoisotopic (exact) mass is 460 g/mol. The molecule has 0 saturated carbocycles. The third-order valence-corrected chi connectivity index (χ3v) is 6.81. The first-order valence-electron chi connectivity index (χ1n) is 10.8. The van der Waals surface area contributed by atoms with E-state index in [1.165, 1.54) is 17.8 Å². The first-order valence-corrected chi connectivity index (χ1v) is 12.3. The van der Waals surface area contributed by atoms with Crippen LogP contribution in [0.2, 0.25) is 0 Å². The van der Waals surface area contributed by atoms with Crippen molar-refractivity contribution in [2.45, 2.75) is 11.3 Å². The predicted molar refractivity (Wildman–Crippen MR) is 129 cm³/mol. The molecule has 0 amide bonds. The van der Waals surface area contributed by atoms with E-state index in [0.717, 1.165) is 60.7 Å². The molecule has 2 aromatic heterocycles. The predicted octanol–water partition coefficient (Wildman–Crippen LogP) is 2.59. The van der Waals surface area contributed by atoms with Gasteiger partial charge in [0.05, 0.1) is 5.69 Å². The highest BCUT2D eigenvalue weighted by atomic mass is 32.2. The molecule has 2 N–H and O–H groups in total. The summed E-state index contributed by atoms with van der Waals surface area (Å²) in [7, 11) is -3.74. The van der Waals surface area contributed by atoms with Crippen LogP contribution in [-0.4, -0.2) is 49.8 Å². The number of hydrogen-bond donors (Lipinski definition) is 1. The van der Waals surface area contributed by atoms with Gasteiger partial charge in [-0.05, 0) is 17.7 Å². The Morgan fingerprint density at radius 2 is 1.45 bits per heavy atom. The number of nitrogens with two attached hydrogens (primary N) is 1. The molecule has 3 heterocycles. The second kappa shape index (κ2) is 8.76. The van der Waals surface area contributed by atoms with Gasteiger partial charge in [-0.1, -0.05) is 54.6 Å². The first kappa shape index (κ1) is 21.3. The van der Waals surface area contributed by atoms with E-state index < -0.39 is 10.0 Å². The standard InChI is InChI=1S/C24H24N6O2S/c25-33(31,32)19-10-11-23(26-17-19)29-12-14-30(15-13-29)24-21-9-5-4-8-20(21)22(27-28-24)16-18-6-2-1-3-7-18/h1-11,17H,12-16H2,(H2,25,31,32). The first-order chi connectivity index (χ1) is 16.0. The number of benzene rings is 2.